The van der Waals surface area contributed by atoms with Crippen molar-refractivity contribution in [3.63, 3.8) is 0 Å². The number of ketones is 1. The van der Waals surface area contributed by atoms with Gasteiger partial charge in [-0.1, -0.05) is 0 Å². The van der Waals surface area contributed by atoms with Crippen LogP contribution in [0.1, 0.15) is 29.6 Å². The van der Waals surface area contributed by atoms with Gasteiger partial charge in [-0.05, 0) is 75.3 Å². The van der Waals surface area contributed by atoms with Crippen molar-refractivity contribution in [2.75, 3.05) is 33.9 Å². The Bertz CT molecular complexity index is 1180. The molecule has 0 N–H and O–H groups in total. The minimum Gasteiger partial charge on any atom is -0.493 e. The van der Waals surface area contributed by atoms with Crippen LogP contribution in [0.4, 0.5) is 4.39 Å². The summed E-state index contributed by atoms with van der Waals surface area (Å²) in [6.45, 7) is 3.00. The number of aromatic nitrogens is 2. The summed E-state index contributed by atoms with van der Waals surface area (Å²) in [5.74, 6) is 0.806. The molecule has 1 fully saturated rings. The fourth-order valence-electron chi connectivity index (χ4n) is 4.38. The highest BCUT2D eigenvalue weighted by molar-refractivity contribution is 5.97. The van der Waals surface area contributed by atoms with Gasteiger partial charge in [0.1, 0.15) is 5.82 Å². The van der Waals surface area contributed by atoms with Crippen molar-refractivity contribution < 1.29 is 18.7 Å². The zero-order chi connectivity index (χ0) is 23.4. The van der Waals surface area contributed by atoms with Crippen molar-refractivity contribution in [3.05, 3.63) is 64.3 Å². The number of methoxy groups -OCH3 is 2. The van der Waals surface area contributed by atoms with Crippen molar-refractivity contribution in [2.45, 2.75) is 25.8 Å². The van der Waals surface area contributed by atoms with E-state index in [-0.39, 0.29) is 23.1 Å². The molecular formula is C25H28FN3O4. The highest BCUT2D eigenvalue weighted by Crippen LogP contribution is 2.30. The number of rotatable bonds is 8. The summed E-state index contributed by atoms with van der Waals surface area (Å²) in [7, 11) is 3.10. The molecule has 1 aliphatic heterocycles. The van der Waals surface area contributed by atoms with Crippen molar-refractivity contribution >= 4 is 16.6 Å². The Labute approximate surface area is 191 Å². The lowest BCUT2D eigenvalue weighted by molar-refractivity contribution is 0.0838. The van der Waals surface area contributed by atoms with Crippen LogP contribution in [-0.4, -0.2) is 54.3 Å². The lowest BCUT2D eigenvalue weighted by Crippen LogP contribution is -2.37. The fourth-order valence-corrected chi connectivity index (χ4v) is 4.38. The van der Waals surface area contributed by atoms with Crippen LogP contribution in [0.25, 0.3) is 10.8 Å². The number of carbonyl (C=O) groups is 1. The van der Waals surface area contributed by atoms with Gasteiger partial charge in [-0.25, -0.2) is 9.07 Å². The summed E-state index contributed by atoms with van der Waals surface area (Å²) < 4.78 is 25.2. The van der Waals surface area contributed by atoms with Gasteiger partial charge in [0.25, 0.3) is 5.56 Å². The van der Waals surface area contributed by atoms with Crippen LogP contribution in [-0.2, 0) is 6.54 Å². The van der Waals surface area contributed by atoms with E-state index in [0.29, 0.717) is 34.4 Å². The number of halogens is 1. The third kappa shape index (κ3) is 5.06. The number of likely N-dealkylation sites (tertiary alicyclic amines) is 1. The molecule has 1 aliphatic rings. The minimum absolute atomic E-state index is 0.0246. The average molecular weight is 454 g/mol. The Balaban J connectivity index is 1.32. The van der Waals surface area contributed by atoms with Crippen LogP contribution >= 0.6 is 0 Å². The lowest BCUT2D eigenvalue weighted by Gasteiger charge is -2.31. The van der Waals surface area contributed by atoms with Gasteiger partial charge in [-0.2, -0.15) is 5.10 Å². The molecule has 8 heteroatoms. The smallest absolute Gasteiger partial charge is 0.274 e. The van der Waals surface area contributed by atoms with Crippen molar-refractivity contribution in [3.8, 4) is 11.5 Å². The minimum atomic E-state index is -0.333. The fraction of sp³-hybridized carbons (Fsp3) is 0.400. The molecule has 0 atom stereocenters. The van der Waals surface area contributed by atoms with Gasteiger partial charge in [-0.15, -0.1) is 0 Å². The molecule has 1 aromatic heterocycles. The predicted octanol–water partition coefficient (Wildman–Crippen LogP) is 3.54. The van der Waals surface area contributed by atoms with Gasteiger partial charge in [0, 0.05) is 23.4 Å². The third-order valence-corrected chi connectivity index (χ3v) is 6.29. The molecule has 0 unspecified atom stereocenters. The Hall–Kier alpha value is -3.26. The molecule has 33 heavy (non-hydrogen) atoms. The van der Waals surface area contributed by atoms with Crippen LogP contribution < -0.4 is 15.0 Å². The average Bonchev–Trinajstić information content (AvgIpc) is 2.85. The van der Waals surface area contributed by atoms with Crippen molar-refractivity contribution in [1.29, 1.82) is 0 Å². The van der Waals surface area contributed by atoms with E-state index in [2.05, 4.69) is 10.00 Å². The SMILES string of the molecule is COc1cc2cnn(CCCN3CCC(C(=O)c4ccc(F)cc4)CC3)c(=O)c2cc1OC. The number of aryl methyl sites for hydroxylation is 1. The molecule has 1 saturated heterocycles. The van der Waals surface area contributed by atoms with Crippen LogP contribution in [0.5, 0.6) is 11.5 Å². The molecule has 0 bridgehead atoms. The second-order valence-electron chi connectivity index (χ2n) is 8.31. The number of hydrogen-bond donors (Lipinski definition) is 0. The quantitative estimate of drug-likeness (QED) is 0.486. The Morgan fingerprint density at radius 3 is 2.39 bits per heavy atom. The summed E-state index contributed by atoms with van der Waals surface area (Å²) in [6.07, 6.45) is 4.02. The molecule has 0 saturated carbocycles. The number of carbonyl (C=O) groups excluding carboxylic acids is 1. The van der Waals surface area contributed by atoms with Crippen LogP contribution in [0.3, 0.4) is 0 Å². The molecular weight excluding hydrogens is 425 g/mol. The van der Waals surface area contributed by atoms with Gasteiger partial charge in [-0.3, -0.25) is 9.59 Å². The second-order valence-corrected chi connectivity index (χ2v) is 8.31. The van der Waals surface area contributed by atoms with Crippen LogP contribution in [0.2, 0.25) is 0 Å². The van der Waals surface area contributed by atoms with E-state index in [1.807, 2.05) is 0 Å². The Morgan fingerprint density at radius 1 is 1.06 bits per heavy atom. The number of fused-ring (bicyclic) bond motifs is 1. The van der Waals surface area contributed by atoms with Crippen LogP contribution in [0, 0.1) is 11.7 Å². The first-order chi connectivity index (χ1) is 16.0. The Morgan fingerprint density at radius 2 is 1.73 bits per heavy atom. The van der Waals surface area contributed by atoms with E-state index < -0.39 is 0 Å². The van der Waals surface area contributed by atoms with Gasteiger partial charge in [0.05, 0.1) is 25.8 Å². The third-order valence-electron chi connectivity index (χ3n) is 6.29. The monoisotopic (exact) mass is 453 g/mol. The largest absolute Gasteiger partial charge is 0.493 e. The van der Waals surface area contributed by atoms with Crippen molar-refractivity contribution in [2.24, 2.45) is 5.92 Å². The number of Topliss-reactive ketones (excluding diaryl/α,β-unsaturated/α-hetero) is 1. The number of hydrogen-bond acceptors (Lipinski definition) is 6. The van der Waals surface area contributed by atoms with Gasteiger partial charge in [0.15, 0.2) is 17.3 Å². The van der Waals surface area contributed by atoms with Gasteiger partial charge < -0.3 is 14.4 Å². The Kier molecular flexibility index (Phi) is 7.03. The summed E-state index contributed by atoms with van der Waals surface area (Å²) in [5, 5.41) is 5.57. The number of ether oxygens (including phenoxy) is 2. The maximum absolute atomic E-state index is 13.1. The maximum Gasteiger partial charge on any atom is 0.274 e. The van der Waals surface area contributed by atoms with E-state index in [1.54, 1.807) is 44.7 Å². The lowest BCUT2D eigenvalue weighted by atomic mass is 9.89. The molecule has 0 amide bonds. The molecule has 2 aromatic carbocycles. The van der Waals surface area contributed by atoms with E-state index in [9.17, 15) is 14.0 Å². The molecule has 3 aromatic rings. The maximum atomic E-state index is 13.1. The first kappa shape index (κ1) is 22.9. The van der Waals surface area contributed by atoms with E-state index >= 15 is 0 Å². The first-order valence-electron chi connectivity index (χ1n) is 11.1. The number of benzene rings is 2. The standard InChI is InChI=1S/C25H28FN3O4/c1-32-22-14-19-16-27-29(25(31)21(19)15-23(22)33-2)11-3-10-28-12-8-18(9-13-28)24(30)17-4-6-20(26)7-5-17/h4-7,14-16,18H,3,8-13H2,1-2H3. The zero-order valence-electron chi connectivity index (χ0n) is 18.9. The normalized spacial score (nSPS) is 15.0. The second kappa shape index (κ2) is 10.1. The topological polar surface area (TPSA) is 73.7 Å². The summed E-state index contributed by atoms with van der Waals surface area (Å²) in [5.41, 5.74) is 0.419. The molecule has 4 rings (SSSR count). The predicted molar refractivity (Wildman–Crippen MR) is 124 cm³/mol. The van der Waals surface area contributed by atoms with Gasteiger partial charge in [0.2, 0.25) is 0 Å². The summed E-state index contributed by atoms with van der Waals surface area (Å²) >= 11 is 0. The number of piperidine rings is 1. The van der Waals surface area contributed by atoms with Gasteiger partial charge >= 0.3 is 0 Å². The van der Waals surface area contributed by atoms with E-state index in [4.69, 9.17) is 9.47 Å². The van der Waals surface area contributed by atoms with Crippen molar-refractivity contribution in [1.82, 2.24) is 14.7 Å². The molecule has 0 radical (unpaired) electrons. The molecule has 174 valence electrons. The molecule has 2 heterocycles. The van der Waals surface area contributed by atoms with Crippen LogP contribution in [0.15, 0.2) is 47.4 Å². The number of nitrogens with zero attached hydrogens (tertiary/aromatic N) is 3. The zero-order valence-corrected chi connectivity index (χ0v) is 18.9. The van der Waals surface area contributed by atoms with E-state index in [1.165, 1.54) is 16.8 Å². The summed E-state index contributed by atoms with van der Waals surface area (Å²) in [6, 6.07) is 9.23. The van der Waals surface area contributed by atoms with E-state index in [0.717, 1.165) is 38.9 Å². The highest BCUT2D eigenvalue weighted by atomic mass is 19.1. The molecule has 0 spiro atoms. The summed E-state index contributed by atoms with van der Waals surface area (Å²) in [4.78, 5) is 27.8. The molecule has 0 aliphatic carbocycles. The highest BCUT2D eigenvalue weighted by Gasteiger charge is 2.25. The molecule has 7 nitrogen and oxygen atoms in total. The first-order valence-corrected chi connectivity index (χ1v) is 11.1.